The third-order valence-corrected chi connectivity index (χ3v) is 3.66. The third kappa shape index (κ3) is 2.70. The Morgan fingerprint density at radius 3 is 2.91 bits per heavy atom. The molecule has 0 atom stereocenters. The molecular weight excluding hydrogens is 298 g/mol. The van der Waals surface area contributed by atoms with Crippen molar-refractivity contribution < 1.29 is 18.8 Å². The topological polar surface area (TPSA) is 92.6 Å². The van der Waals surface area contributed by atoms with Crippen molar-refractivity contribution in [3.8, 4) is 11.5 Å². The van der Waals surface area contributed by atoms with E-state index in [1.807, 2.05) is 6.92 Å². The van der Waals surface area contributed by atoms with Crippen LogP contribution in [0.3, 0.4) is 0 Å². The van der Waals surface area contributed by atoms with Crippen molar-refractivity contribution in [2.75, 3.05) is 19.7 Å². The minimum absolute atomic E-state index is 0.0958. The summed E-state index contributed by atoms with van der Waals surface area (Å²) in [4.78, 5) is 18.8. The van der Waals surface area contributed by atoms with Crippen LogP contribution >= 0.6 is 0 Å². The highest BCUT2D eigenvalue weighted by molar-refractivity contribution is 6.06. The number of aliphatic hydroxyl groups is 1. The van der Waals surface area contributed by atoms with E-state index in [2.05, 4.69) is 10.1 Å². The second-order valence-corrected chi connectivity index (χ2v) is 5.09. The average Bonchev–Trinajstić information content (AvgIpc) is 3.21. The molecule has 0 aliphatic heterocycles. The second kappa shape index (κ2) is 6.21. The minimum atomic E-state index is -0.201. The quantitative estimate of drug-likeness (QED) is 0.776. The van der Waals surface area contributed by atoms with Crippen molar-refractivity contribution >= 4 is 17.0 Å². The molecule has 3 aromatic heterocycles. The van der Waals surface area contributed by atoms with Crippen LogP contribution in [-0.4, -0.2) is 45.8 Å². The molecule has 0 bridgehead atoms. The molecule has 3 heterocycles. The molecule has 23 heavy (non-hydrogen) atoms. The van der Waals surface area contributed by atoms with Gasteiger partial charge in [0.15, 0.2) is 5.76 Å². The molecular formula is C16H17N3O4. The summed E-state index contributed by atoms with van der Waals surface area (Å²) in [7, 11) is 0. The van der Waals surface area contributed by atoms with Crippen molar-refractivity contribution in [1.82, 2.24) is 15.0 Å². The number of likely N-dealkylation sites (N-methyl/N-ethyl adjacent to an activating group) is 1. The molecule has 0 aliphatic rings. The zero-order valence-corrected chi connectivity index (χ0v) is 12.9. The number of carbonyl (C=O) groups excluding carboxylic acids is 1. The van der Waals surface area contributed by atoms with E-state index >= 15 is 0 Å². The molecule has 0 spiro atoms. The van der Waals surface area contributed by atoms with E-state index in [1.165, 1.54) is 0 Å². The molecule has 0 radical (unpaired) electrons. The summed E-state index contributed by atoms with van der Waals surface area (Å²) < 4.78 is 10.6. The standard InChI is InChI=1S/C16H17N3O4/c1-3-19(6-7-20)16(21)11-9-12(13-5-4-8-22-13)17-15-14(11)10(2)18-23-15/h4-5,8-9,20H,3,6-7H2,1-2H3. The average molecular weight is 315 g/mol. The van der Waals surface area contributed by atoms with Gasteiger partial charge < -0.3 is 18.9 Å². The maximum absolute atomic E-state index is 12.8. The molecule has 3 aromatic rings. The Morgan fingerprint density at radius 2 is 2.26 bits per heavy atom. The Hall–Kier alpha value is -2.67. The number of aryl methyl sites for hydroxylation is 1. The Balaban J connectivity index is 2.17. The lowest BCUT2D eigenvalue weighted by Gasteiger charge is -2.20. The van der Waals surface area contributed by atoms with E-state index in [-0.39, 0.29) is 19.1 Å². The second-order valence-electron chi connectivity index (χ2n) is 5.09. The zero-order valence-electron chi connectivity index (χ0n) is 12.9. The molecule has 0 saturated carbocycles. The van der Waals surface area contributed by atoms with Gasteiger partial charge in [0.2, 0.25) is 0 Å². The fraction of sp³-hybridized carbons (Fsp3) is 0.312. The molecule has 3 rings (SSSR count). The summed E-state index contributed by atoms with van der Waals surface area (Å²) in [6.45, 7) is 4.28. The number of aromatic nitrogens is 2. The first-order chi connectivity index (χ1) is 11.2. The number of amides is 1. The van der Waals surface area contributed by atoms with Crippen LogP contribution in [0.2, 0.25) is 0 Å². The Bertz CT molecular complexity index is 823. The maximum Gasteiger partial charge on any atom is 0.259 e. The molecule has 1 N–H and O–H groups in total. The Kier molecular flexibility index (Phi) is 4.12. The van der Waals surface area contributed by atoms with Crippen LogP contribution in [0.5, 0.6) is 0 Å². The van der Waals surface area contributed by atoms with Gasteiger partial charge in [-0.2, -0.15) is 0 Å². The number of hydrogen-bond donors (Lipinski definition) is 1. The summed E-state index contributed by atoms with van der Waals surface area (Å²) in [6, 6.07) is 5.18. The first-order valence-electron chi connectivity index (χ1n) is 7.36. The van der Waals surface area contributed by atoms with Gasteiger partial charge in [-0.05, 0) is 32.0 Å². The van der Waals surface area contributed by atoms with Crippen LogP contribution < -0.4 is 0 Å². The van der Waals surface area contributed by atoms with E-state index in [9.17, 15) is 4.79 Å². The lowest BCUT2D eigenvalue weighted by molar-refractivity contribution is 0.0734. The van der Waals surface area contributed by atoms with Gasteiger partial charge in [-0.1, -0.05) is 5.16 Å². The lowest BCUT2D eigenvalue weighted by Crippen LogP contribution is -2.33. The van der Waals surface area contributed by atoms with Crippen LogP contribution in [0.25, 0.3) is 22.6 Å². The van der Waals surface area contributed by atoms with E-state index < -0.39 is 0 Å². The fourth-order valence-corrected chi connectivity index (χ4v) is 2.51. The smallest absolute Gasteiger partial charge is 0.259 e. The number of hydrogen-bond acceptors (Lipinski definition) is 6. The number of furan rings is 1. The highest BCUT2D eigenvalue weighted by Gasteiger charge is 2.23. The van der Waals surface area contributed by atoms with Gasteiger partial charge in [0.1, 0.15) is 5.69 Å². The van der Waals surface area contributed by atoms with E-state index in [0.29, 0.717) is 40.4 Å². The summed E-state index contributed by atoms with van der Waals surface area (Å²) in [5.74, 6) is 0.341. The fourth-order valence-electron chi connectivity index (χ4n) is 2.51. The van der Waals surface area contributed by atoms with Crippen molar-refractivity contribution in [3.63, 3.8) is 0 Å². The van der Waals surface area contributed by atoms with Crippen LogP contribution in [0.15, 0.2) is 33.4 Å². The van der Waals surface area contributed by atoms with Gasteiger partial charge in [-0.3, -0.25) is 4.79 Å². The number of aliphatic hydroxyl groups excluding tert-OH is 1. The maximum atomic E-state index is 12.8. The highest BCUT2D eigenvalue weighted by Crippen LogP contribution is 2.28. The van der Waals surface area contributed by atoms with Crippen LogP contribution in [0, 0.1) is 6.92 Å². The van der Waals surface area contributed by atoms with Crippen molar-refractivity contribution in [2.45, 2.75) is 13.8 Å². The molecule has 0 aliphatic carbocycles. The SMILES string of the molecule is CCN(CCO)C(=O)c1cc(-c2ccco2)nc2onc(C)c12. The van der Waals surface area contributed by atoms with Gasteiger partial charge in [0.05, 0.1) is 29.5 Å². The van der Waals surface area contributed by atoms with Gasteiger partial charge in [0.25, 0.3) is 11.6 Å². The Morgan fingerprint density at radius 1 is 1.43 bits per heavy atom. The first-order valence-corrected chi connectivity index (χ1v) is 7.36. The van der Waals surface area contributed by atoms with Gasteiger partial charge in [0, 0.05) is 13.1 Å². The Labute approximate surface area is 132 Å². The molecule has 7 nitrogen and oxygen atoms in total. The molecule has 0 aromatic carbocycles. The number of pyridine rings is 1. The third-order valence-electron chi connectivity index (χ3n) is 3.66. The number of nitrogens with zero attached hydrogens (tertiary/aromatic N) is 3. The monoisotopic (exact) mass is 315 g/mol. The van der Waals surface area contributed by atoms with Gasteiger partial charge >= 0.3 is 0 Å². The molecule has 7 heteroatoms. The summed E-state index contributed by atoms with van der Waals surface area (Å²) in [5.41, 5.74) is 1.83. The minimum Gasteiger partial charge on any atom is -0.463 e. The van der Waals surface area contributed by atoms with E-state index in [0.717, 1.165) is 0 Å². The largest absolute Gasteiger partial charge is 0.463 e. The van der Waals surface area contributed by atoms with Crippen LogP contribution in [0.1, 0.15) is 23.0 Å². The van der Waals surface area contributed by atoms with Crippen LogP contribution in [-0.2, 0) is 0 Å². The predicted molar refractivity (Wildman–Crippen MR) is 82.9 cm³/mol. The van der Waals surface area contributed by atoms with Gasteiger partial charge in [-0.15, -0.1) is 0 Å². The highest BCUT2D eigenvalue weighted by atomic mass is 16.5. The molecule has 0 unspecified atom stereocenters. The van der Waals surface area contributed by atoms with Crippen molar-refractivity contribution in [1.29, 1.82) is 0 Å². The van der Waals surface area contributed by atoms with Crippen LogP contribution in [0.4, 0.5) is 0 Å². The number of rotatable bonds is 5. The molecule has 1 amide bonds. The van der Waals surface area contributed by atoms with Crippen molar-refractivity contribution in [3.05, 3.63) is 35.7 Å². The number of carbonyl (C=O) groups is 1. The summed E-state index contributed by atoms with van der Waals surface area (Å²) in [5, 5.41) is 13.6. The summed E-state index contributed by atoms with van der Waals surface area (Å²) in [6.07, 6.45) is 1.54. The lowest BCUT2D eigenvalue weighted by atomic mass is 10.1. The molecule has 0 fully saturated rings. The summed E-state index contributed by atoms with van der Waals surface area (Å²) >= 11 is 0. The zero-order chi connectivity index (χ0) is 16.4. The number of fused-ring (bicyclic) bond motifs is 1. The molecule has 120 valence electrons. The van der Waals surface area contributed by atoms with E-state index in [1.54, 1.807) is 36.3 Å². The molecule has 0 saturated heterocycles. The predicted octanol–water partition coefficient (Wildman–Crippen LogP) is 2.25. The normalized spacial score (nSPS) is 11.1. The van der Waals surface area contributed by atoms with Gasteiger partial charge in [-0.25, -0.2) is 4.98 Å². The first kappa shape index (κ1) is 15.2. The van der Waals surface area contributed by atoms with E-state index in [4.69, 9.17) is 14.0 Å². The van der Waals surface area contributed by atoms with Crippen molar-refractivity contribution in [2.24, 2.45) is 0 Å².